The number of carbonyl (C=O) groups excluding carboxylic acids is 1. The first-order chi connectivity index (χ1) is 11.7. The van der Waals surface area contributed by atoms with Gasteiger partial charge in [0.15, 0.2) is 5.96 Å². The number of esters is 1. The number of hydrogen-bond acceptors (Lipinski definition) is 5. The molecule has 0 saturated carbocycles. The Bertz CT molecular complexity index is 528. The number of methoxy groups -OCH3 is 1. The van der Waals surface area contributed by atoms with Gasteiger partial charge < -0.3 is 19.7 Å². The number of piperidine rings is 1. The van der Waals surface area contributed by atoms with E-state index in [2.05, 4.69) is 20.2 Å². The van der Waals surface area contributed by atoms with Gasteiger partial charge in [-0.2, -0.15) is 0 Å². The van der Waals surface area contributed by atoms with Crippen molar-refractivity contribution < 1.29 is 14.3 Å². The van der Waals surface area contributed by atoms with Crippen molar-refractivity contribution in [1.29, 1.82) is 0 Å². The van der Waals surface area contributed by atoms with E-state index >= 15 is 0 Å². The van der Waals surface area contributed by atoms with E-state index in [0.29, 0.717) is 13.2 Å². The summed E-state index contributed by atoms with van der Waals surface area (Å²) in [6.45, 7) is 5.51. The summed E-state index contributed by atoms with van der Waals surface area (Å²) < 4.78 is 10.4. The molecule has 1 aromatic rings. The second-order valence-corrected chi connectivity index (χ2v) is 5.56. The molecular formula is C17H26N4O3. The van der Waals surface area contributed by atoms with Crippen LogP contribution in [0.3, 0.4) is 0 Å². The normalized spacial score (nSPS) is 15.9. The van der Waals surface area contributed by atoms with Crippen molar-refractivity contribution in [1.82, 2.24) is 15.2 Å². The van der Waals surface area contributed by atoms with Crippen LogP contribution in [-0.2, 0) is 9.53 Å². The van der Waals surface area contributed by atoms with Gasteiger partial charge in [0.25, 0.3) is 0 Å². The van der Waals surface area contributed by atoms with Gasteiger partial charge in [-0.05, 0) is 31.9 Å². The average Bonchev–Trinajstić information content (AvgIpc) is 2.64. The number of aromatic nitrogens is 1. The molecule has 0 aliphatic carbocycles. The van der Waals surface area contributed by atoms with Crippen LogP contribution in [0.25, 0.3) is 0 Å². The molecule has 132 valence electrons. The van der Waals surface area contributed by atoms with Crippen molar-refractivity contribution in [2.75, 3.05) is 39.9 Å². The van der Waals surface area contributed by atoms with Crippen molar-refractivity contribution in [2.24, 2.45) is 10.9 Å². The highest BCUT2D eigenvalue weighted by molar-refractivity contribution is 5.80. The van der Waals surface area contributed by atoms with Crippen LogP contribution in [0.1, 0.15) is 19.8 Å². The van der Waals surface area contributed by atoms with E-state index in [9.17, 15) is 4.79 Å². The highest BCUT2D eigenvalue weighted by Crippen LogP contribution is 2.18. The summed E-state index contributed by atoms with van der Waals surface area (Å²) in [5, 5.41) is 3.30. The Hall–Kier alpha value is -2.31. The second kappa shape index (κ2) is 9.75. The van der Waals surface area contributed by atoms with Crippen molar-refractivity contribution in [3.8, 4) is 5.75 Å². The van der Waals surface area contributed by atoms with Gasteiger partial charge in [-0.15, -0.1) is 0 Å². The zero-order chi connectivity index (χ0) is 17.2. The quantitative estimate of drug-likeness (QED) is 0.366. The minimum Gasteiger partial charge on any atom is -0.490 e. The molecule has 1 fully saturated rings. The number of carbonyl (C=O) groups is 1. The molecule has 0 atom stereocenters. The minimum atomic E-state index is -0.110. The minimum absolute atomic E-state index is 0.00282. The molecule has 0 spiro atoms. The van der Waals surface area contributed by atoms with E-state index in [1.54, 1.807) is 12.4 Å². The Balaban J connectivity index is 1.81. The van der Waals surface area contributed by atoms with Gasteiger partial charge in [0.05, 0.1) is 25.8 Å². The number of pyridine rings is 1. The van der Waals surface area contributed by atoms with Crippen LogP contribution in [-0.4, -0.2) is 61.7 Å². The molecule has 1 aromatic heterocycles. The molecule has 1 aliphatic rings. The number of aliphatic imine (C=N–C) groups is 1. The van der Waals surface area contributed by atoms with Gasteiger partial charge in [-0.3, -0.25) is 9.78 Å². The average molecular weight is 334 g/mol. The Morgan fingerprint density at radius 2 is 2.25 bits per heavy atom. The monoisotopic (exact) mass is 334 g/mol. The van der Waals surface area contributed by atoms with Crippen LogP contribution in [0.2, 0.25) is 0 Å². The lowest BCUT2D eigenvalue weighted by Gasteiger charge is -2.33. The van der Waals surface area contributed by atoms with Gasteiger partial charge in [0, 0.05) is 25.8 Å². The van der Waals surface area contributed by atoms with Crippen LogP contribution < -0.4 is 10.1 Å². The standard InChI is InChI=1S/C17H26N4O3/c1-3-19-17(20-9-12-24-15-5-4-8-18-13-15)21-10-6-14(7-11-21)16(22)23-2/h4-5,8,13-14H,3,6-7,9-12H2,1-2H3,(H,19,20). The lowest BCUT2D eigenvalue weighted by Crippen LogP contribution is -2.46. The third-order valence-electron chi connectivity index (χ3n) is 3.92. The molecule has 2 heterocycles. The third-order valence-corrected chi connectivity index (χ3v) is 3.92. The van der Waals surface area contributed by atoms with Crippen LogP contribution in [0.5, 0.6) is 5.75 Å². The fourth-order valence-corrected chi connectivity index (χ4v) is 2.67. The molecule has 0 amide bonds. The lowest BCUT2D eigenvalue weighted by atomic mass is 9.97. The lowest BCUT2D eigenvalue weighted by molar-refractivity contribution is -0.146. The molecule has 0 bridgehead atoms. The molecule has 1 saturated heterocycles. The Morgan fingerprint density at radius 1 is 1.46 bits per heavy atom. The predicted molar refractivity (Wildman–Crippen MR) is 92.0 cm³/mol. The van der Waals surface area contributed by atoms with Crippen LogP contribution in [0.15, 0.2) is 29.5 Å². The first kappa shape index (κ1) is 18.0. The van der Waals surface area contributed by atoms with Crippen molar-refractivity contribution >= 4 is 11.9 Å². The van der Waals surface area contributed by atoms with Crippen LogP contribution >= 0.6 is 0 Å². The maximum atomic E-state index is 11.6. The molecule has 24 heavy (non-hydrogen) atoms. The Labute approximate surface area is 143 Å². The SMILES string of the molecule is CCNC(=NCCOc1cccnc1)N1CCC(C(=O)OC)CC1. The summed E-state index contributed by atoms with van der Waals surface area (Å²) in [6.07, 6.45) is 4.99. The summed E-state index contributed by atoms with van der Waals surface area (Å²) in [5.74, 6) is 1.51. The molecule has 1 aliphatic heterocycles. The molecule has 7 heteroatoms. The van der Waals surface area contributed by atoms with E-state index in [1.807, 2.05) is 19.1 Å². The topological polar surface area (TPSA) is 76.1 Å². The number of ether oxygens (including phenoxy) is 2. The highest BCUT2D eigenvalue weighted by Gasteiger charge is 2.26. The third kappa shape index (κ3) is 5.40. The highest BCUT2D eigenvalue weighted by atomic mass is 16.5. The Kier molecular flexibility index (Phi) is 7.32. The van der Waals surface area contributed by atoms with Crippen LogP contribution in [0.4, 0.5) is 0 Å². The molecular weight excluding hydrogens is 308 g/mol. The Morgan fingerprint density at radius 3 is 2.88 bits per heavy atom. The molecule has 0 radical (unpaired) electrons. The number of likely N-dealkylation sites (tertiary alicyclic amines) is 1. The van der Waals surface area contributed by atoms with Gasteiger partial charge in [0.1, 0.15) is 12.4 Å². The molecule has 2 rings (SSSR count). The summed E-state index contributed by atoms with van der Waals surface area (Å²) in [7, 11) is 1.45. The first-order valence-corrected chi connectivity index (χ1v) is 8.38. The largest absolute Gasteiger partial charge is 0.490 e. The zero-order valence-corrected chi connectivity index (χ0v) is 14.4. The van der Waals surface area contributed by atoms with Gasteiger partial charge >= 0.3 is 5.97 Å². The fourth-order valence-electron chi connectivity index (χ4n) is 2.67. The second-order valence-electron chi connectivity index (χ2n) is 5.56. The number of nitrogens with zero attached hydrogens (tertiary/aromatic N) is 3. The van der Waals surface area contributed by atoms with E-state index < -0.39 is 0 Å². The van der Waals surface area contributed by atoms with Gasteiger partial charge in [0.2, 0.25) is 0 Å². The predicted octanol–water partition coefficient (Wildman–Crippen LogP) is 1.31. The summed E-state index contributed by atoms with van der Waals surface area (Å²) >= 11 is 0. The van der Waals surface area contributed by atoms with Crippen molar-refractivity contribution in [3.05, 3.63) is 24.5 Å². The summed E-state index contributed by atoms with van der Waals surface area (Å²) in [5.41, 5.74) is 0. The van der Waals surface area contributed by atoms with Crippen molar-refractivity contribution in [2.45, 2.75) is 19.8 Å². The molecule has 0 aromatic carbocycles. The zero-order valence-electron chi connectivity index (χ0n) is 14.4. The summed E-state index contributed by atoms with van der Waals surface area (Å²) in [6, 6.07) is 3.72. The van der Waals surface area contributed by atoms with E-state index in [-0.39, 0.29) is 11.9 Å². The van der Waals surface area contributed by atoms with Crippen molar-refractivity contribution in [3.63, 3.8) is 0 Å². The molecule has 7 nitrogen and oxygen atoms in total. The van der Waals surface area contributed by atoms with Gasteiger partial charge in [-0.25, -0.2) is 4.99 Å². The maximum absolute atomic E-state index is 11.6. The summed E-state index contributed by atoms with van der Waals surface area (Å²) in [4.78, 5) is 22.4. The number of rotatable bonds is 6. The number of guanidine groups is 1. The molecule has 0 unspecified atom stereocenters. The van der Waals surface area contributed by atoms with Gasteiger partial charge in [-0.1, -0.05) is 0 Å². The van der Waals surface area contributed by atoms with E-state index in [1.165, 1.54) is 7.11 Å². The van der Waals surface area contributed by atoms with E-state index in [0.717, 1.165) is 44.2 Å². The van der Waals surface area contributed by atoms with E-state index in [4.69, 9.17) is 9.47 Å². The fraction of sp³-hybridized carbons (Fsp3) is 0.588. The maximum Gasteiger partial charge on any atom is 0.308 e. The number of nitrogens with one attached hydrogen (secondary N) is 1. The number of hydrogen-bond donors (Lipinski definition) is 1. The van der Waals surface area contributed by atoms with Crippen LogP contribution in [0, 0.1) is 5.92 Å². The molecule has 1 N–H and O–H groups in total. The first-order valence-electron chi connectivity index (χ1n) is 8.38. The smallest absolute Gasteiger partial charge is 0.308 e.